The van der Waals surface area contributed by atoms with Gasteiger partial charge in [0.05, 0.1) is 13.2 Å². The van der Waals surface area contributed by atoms with Crippen molar-refractivity contribution in [1.29, 1.82) is 0 Å². The van der Waals surface area contributed by atoms with Crippen LogP contribution in [0.2, 0.25) is 0 Å². The minimum atomic E-state index is -2.87. The van der Waals surface area contributed by atoms with E-state index in [1.54, 1.807) is 19.2 Å². The van der Waals surface area contributed by atoms with E-state index in [1.807, 2.05) is 25.1 Å². The van der Waals surface area contributed by atoms with Crippen molar-refractivity contribution in [2.24, 2.45) is 0 Å². The van der Waals surface area contributed by atoms with Crippen molar-refractivity contribution in [2.45, 2.75) is 19.6 Å². The van der Waals surface area contributed by atoms with Crippen LogP contribution in [0.1, 0.15) is 6.92 Å². The number of benzene rings is 2. The van der Waals surface area contributed by atoms with Crippen molar-refractivity contribution in [2.75, 3.05) is 43.5 Å². The number of halogens is 2. The van der Waals surface area contributed by atoms with Crippen LogP contribution in [0, 0.1) is 0 Å². The number of hydrogen-bond donors (Lipinski definition) is 1. The second kappa shape index (κ2) is 9.56. The summed E-state index contributed by atoms with van der Waals surface area (Å²) in [6.45, 7) is 2.13. The Morgan fingerprint density at radius 1 is 1.03 bits per heavy atom. The fourth-order valence-corrected chi connectivity index (χ4v) is 3.31. The Balaban J connectivity index is 1.51. The first-order valence-corrected chi connectivity index (χ1v) is 9.45. The van der Waals surface area contributed by atoms with Crippen LogP contribution < -0.4 is 19.7 Å². The molecule has 0 saturated carbocycles. The molecule has 0 radical (unpaired) electrons. The quantitative estimate of drug-likeness (QED) is 0.765. The molecular weight excluding hydrogens is 380 g/mol. The largest absolute Gasteiger partial charge is 0.497 e. The maximum absolute atomic E-state index is 12.6. The van der Waals surface area contributed by atoms with E-state index in [4.69, 9.17) is 4.74 Å². The number of nitrogens with one attached hydrogen (secondary N) is 1. The van der Waals surface area contributed by atoms with Gasteiger partial charge in [-0.15, -0.1) is 0 Å². The number of carbonyl (C=O) groups excluding carboxylic acids is 1. The van der Waals surface area contributed by atoms with Gasteiger partial charge in [-0.1, -0.05) is 6.07 Å². The fraction of sp³-hybridized carbons (Fsp3) is 0.381. The molecule has 0 spiro atoms. The van der Waals surface area contributed by atoms with Gasteiger partial charge in [0.1, 0.15) is 11.5 Å². The van der Waals surface area contributed by atoms with Gasteiger partial charge in [-0.3, -0.25) is 9.69 Å². The van der Waals surface area contributed by atoms with Crippen LogP contribution in [0.3, 0.4) is 0 Å². The van der Waals surface area contributed by atoms with Crippen LogP contribution in [0.5, 0.6) is 11.5 Å². The average molecular weight is 405 g/mol. The first-order chi connectivity index (χ1) is 14.0. The Kier molecular flexibility index (Phi) is 6.87. The van der Waals surface area contributed by atoms with Gasteiger partial charge in [0.2, 0.25) is 5.91 Å². The smallest absolute Gasteiger partial charge is 0.387 e. The third-order valence-electron chi connectivity index (χ3n) is 5.01. The summed E-state index contributed by atoms with van der Waals surface area (Å²) in [4.78, 5) is 17.0. The summed E-state index contributed by atoms with van der Waals surface area (Å²) in [6.07, 6.45) is 0. The molecular formula is C21H25F2N3O3. The molecule has 156 valence electrons. The molecule has 1 fully saturated rings. The first kappa shape index (κ1) is 20.9. The molecule has 0 bridgehead atoms. The SMILES string of the molecule is COc1cccc(N2CCN(C(C)C(=O)Nc3ccc(OC(F)F)cc3)CC2)c1. The summed E-state index contributed by atoms with van der Waals surface area (Å²) in [5.41, 5.74) is 1.64. The zero-order valence-electron chi connectivity index (χ0n) is 16.5. The number of methoxy groups -OCH3 is 1. The van der Waals surface area contributed by atoms with Gasteiger partial charge >= 0.3 is 6.61 Å². The van der Waals surface area contributed by atoms with E-state index < -0.39 is 6.61 Å². The van der Waals surface area contributed by atoms with Gasteiger partial charge in [-0.25, -0.2) is 0 Å². The lowest BCUT2D eigenvalue weighted by atomic mass is 10.2. The van der Waals surface area contributed by atoms with E-state index in [0.29, 0.717) is 5.69 Å². The second-order valence-electron chi connectivity index (χ2n) is 6.79. The number of piperazine rings is 1. The summed E-state index contributed by atoms with van der Waals surface area (Å²) in [7, 11) is 1.65. The van der Waals surface area contributed by atoms with Crippen molar-refractivity contribution in [3.8, 4) is 11.5 Å². The number of ether oxygens (including phenoxy) is 2. The van der Waals surface area contributed by atoms with Gasteiger partial charge in [0.25, 0.3) is 0 Å². The van der Waals surface area contributed by atoms with Crippen LogP contribution in [0.25, 0.3) is 0 Å². The third kappa shape index (κ3) is 5.57. The zero-order valence-corrected chi connectivity index (χ0v) is 16.5. The van der Waals surface area contributed by atoms with Gasteiger partial charge in [-0.05, 0) is 43.3 Å². The van der Waals surface area contributed by atoms with Crippen molar-refractivity contribution in [1.82, 2.24) is 4.90 Å². The predicted molar refractivity (Wildman–Crippen MR) is 108 cm³/mol. The molecule has 1 aliphatic rings. The molecule has 1 N–H and O–H groups in total. The van der Waals surface area contributed by atoms with Crippen LogP contribution in [0.15, 0.2) is 48.5 Å². The Hall–Kier alpha value is -2.87. The lowest BCUT2D eigenvalue weighted by Gasteiger charge is -2.38. The highest BCUT2D eigenvalue weighted by molar-refractivity contribution is 5.94. The highest BCUT2D eigenvalue weighted by atomic mass is 19.3. The molecule has 0 aromatic heterocycles. The molecule has 1 heterocycles. The van der Waals surface area contributed by atoms with Crippen molar-refractivity contribution >= 4 is 17.3 Å². The summed E-state index contributed by atoms with van der Waals surface area (Å²) >= 11 is 0. The monoisotopic (exact) mass is 405 g/mol. The minimum absolute atomic E-state index is 0.0553. The molecule has 1 saturated heterocycles. The van der Waals surface area contributed by atoms with Crippen LogP contribution >= 0.6 is 0 Å². The number of hydrogen-bond acceptors (Lipinski definition) is 5. The minimum Gasteiger partial charge on any atom is -0.497 e. The van der Waals surface area contributed by atoms with Crippen LogP contribution in [0.4, 0.5) is 20.2 Å². The molecule has 1 amide bonds. The van der Waals surface area contributed by atoms with Crippen LogP contribution in [-0.4, -0.2) is 56.7 Å². The molecule has 2 aromatic carbocycles. The fourth-order valence-electron chi connectivity index (χ4n) is 3.31. The van der Waals surface area contributed by atoms with E-state index in [-0.39, 0.29) is 17.7 Å². The van der Waals surface area contributed by atoms with Gasteiger partial charge in [0, 0.05) is 43.6 Å². The van der Waals surface area contributed by atoms with E-state index in [0.717, 1.165) is 37.6 Å². The Labute approximate surface area is 169 Å². The second-order valence-corrected chi connectivity index (χ2v) is 6.79. The first-order valence-electron chi connectivity index (χ1n) is 9.45. The number of alkyl halides is 2. The Bertz CT molecular complexity index is 809. The lowest BCUT2D eigenvalue weighted by Crippen LogP contribution is -2.52. The maximum Gasteiger partial charge on any atom is 0.387 e. The van der Waals surface area contributed by atoms with E-state index in [1.165, 1.54) is 12.1 Å². The number of rotatable bonds is 7. The summed E-state index contributed by atoms with van der Waals surface area (Å²) in [6, 6.07) is 13.5. The average Bonchev–Trinajstić information content (AvgIpc) is 2.74. The number of amides is 1. The molecule has 29 heavy (non-hydrogen) atoms. The molecule has 0 aliphatic carbocycles. The molecule has 2 aromatic rings. The van der Waals surface area contributed by atoms with E-state index >= 15 is 0 Å². The lowest BCUT2D eigenvalue weighted by molar-refractivity contribution is -0.120. The van der Waals surface area contributed by atoms with E-state index in [2.05, 4.69) is 25.9 Å². The van der Waals surface area contributed by atoms with E-state index in [9.17, 15) is 13.6 Å². The highest BCUT2D eigenvalue weighted by Gasteiger charge is 2.26. The molecule has 1 atom stereocenters. The molecule has 1 aliphatic heterocycles. The van der Waals surface area contributed by atoms with Gasteiger partial charge < -0.3 is 19.7 Å². The number of carbonyl (C=O) groups is 1. The summed E-state index contributed by atoms with van der Waals surface area (Å²) < 4.78 is 34.0. The highest BCUT2D eigenvalue weighted by Crippen LogP contribution is 2.23. The topological polar surface area (TPSA) is 54.0 Å². The molecule has 3 rings (SSSR count). The normalized spacial score (nSPS) is 15.8. The van der Waals surface area contributed by atoms with Crippen LogP contribution in [-0.2, 0) is 4.79 Å². The van der Waals surface area contributed by atoms with Crippen molar-refractivity contribution in [3.05, 3.63) is 48.5 Å². The molecule has 8 heteroatoms. The maximum atomic E-state index is 12.6. The van der Waals surface area contributed by atoms with Crippen molar-refractivity contribution < 1.29 is 23.0 Å². The molecule has 6 nitrogen and oxygen atoms in total. The summed E-state index contributed by atoms with van der Waals surface area (Å²) in [5, 5.41) is 2.82. The van der Waals surface area contributed by atoms with Crippen molar-refractivity contribution in [3.63, 3.8) is 0 Å². The number of nitrogens with zero attached hydrogens (tertiary/aromatic N) is 2. The zero-order chi connectivity index (χ0) is 20.8. The van der Waals surface area contributed by atoms with Gasteiger partial charge in [-0.2, -0.15) is 8.78 Å². The Morgan fingerprint density at radius 3 is 2.34 bits per heavy atom. The third-order valence-corrected chi connectivity index (χ3v) is 5.01. The Morgan fingerprint density at radius 2 is 1.72 bits per heavy atom. The van der Waals surface area contributed by atoms with Gasteiger partial charge in [0.15, 0.2) is 0 Å². The summed E-state index contributed by atoms with van der Waals surface area (Å²) in [5.74, 6) is 0.740. The molecule has 1 unspecified atom stereocenters. The predicted octanol–water partition coefficient (Wildman–Crippen LogP) is 3.45. The number of anilines is 2. The standard InChI is InChI=1S/C21H25F2N3O3/c1-15(20(27)24-16-6-8-18(9-7-16)29-21(22)23)25-10-12-26(13-11-25)17-4-3-5-19(14-17)28-2/h3-9,14-15,21H,10-13H2,1-2H3,(H,24,27).